The second-order valence-corrected chi connectivity index (χ2v) is 7.60. The van der Waals surface area contributed by atoms with Crippen molar-refractivity contribution in [1.82, 2.24) is 19.4 Å². The first-order valence-corrected chi connectivity index (χ1v) is 10.4. The number of nitrogens with one attached hydrogen (secondary N) is 1. The second kappa shape index (κ2) is 9.26. The minimum atomic E-state index is -0.0641. The molecule has 0 spiro atoms. The van der Waals surface area contributed by atoms with E-state index in [0.29, 0.717) is 28.5 Å². The van der Waals surface area contributed by atoms with E-state index in [-0.39, 0.29) is 17.5 Å². The molecule has 1 atom stereocenters. The minimum absolute atomic E-state index is 0.0305. The summed E-state index contributed by atoms with van der Waals surface area (Å²) in [6.45, 7) is 11.6. The molecule has 0 aliphatic carbocycles. The predicted octanol–water partition coefficient (Wildman–Crippen LogP) is 3.74. The topological polar surface area (TPSA) is 71.0 Å². The highest BCUT2D eigenvalue weighted by molar-refractivity contribution is 7.99. The number of fused-ring (bicyclic) bond motifs is 1. The zero-order valence-electron chi connectivity index (χ0n) is 16.5. The largest absolute Gasteiger partial charge is 0.353 e. The molecular formula is C19H30N4O2S. The van der Waals surface area contributed by atoms with E-state index < -0.39 is 0 Å². The molecule has 2 aromatic heterocycles. The average molecular weight is 379 g/mol. The van der Waals surface area contributed by atoms with Crippen LogP contribution in [0.5, 0.6) is 0 Å². The van der Waals surface area contributed by atoms with Gasteiger partial charge in [-0.05, 0) is 39.7 Å². The number of hydrogen-bond donors (Lipinski definition) is 1. The van der Waals surface area contributed by atoms with Gasteiger partial charge in [0.1, 0.15) is 5.52 Å². The number of nitrogens with zero attached hydrogens (tertiary/aromatic N) is 3. The summed E-state index contributed by atoms with van der Waals surface area (Å²) in [6, 6.07) is 1.91. The van der Waals surface area contributed by atoms with Crippen molar-refractivity contribution in [1.29, 1.82) is 0 Å². The van der Waals surface area contributed by atoms with E-state index in [2.05, 4.69) is 16.9 Å². The highest BCUT2D eigenvalue weighted by Gasteiger charge is 2.19. The molecule has 0 saturated carbocycles. The van der Waals surface area contributed by atoms with Gasteiger partial charge in [-0.3, -0.25) is 14.2 Å². The Hall–Kier alpha value is -1.76. The molecule has 0 unspecified atom stereocenters. The van der Waals surface area contributed by atoms with Gasteiger partial charge in [-0.25, -0.2) is 4.98 Å². The zero-order chi connectivity index (χ0) is 19.3. The Balaban J connectivity index is 2.30. The van der Waals surface area contributed by atoms with Crippen molar-refractivity contribution >= 4 is 28.7 Å². The number of thioether (sulfide) groups is 1. The molecule has 0 aromatic carbocycles. The standard InChI is InChI=1S/C19H30N4O2S/c1-6-9-10-22(8-3)16(24)12-26-19-21-15-11-13(4)20-17(15)18(25)23(19)14(5)7-2/h11,14,20H,6-10,12H2,1-5H3/t14-/m0/s1. The Bertz CT molecular complexity index is 812. The van der Waals surface area contributed by atoms with E-state index in [1.807, 2.05) is 38.7 Å². The van der Waals surface area contributed by atoms with Gasteiger partial charge in [-0.1, -0.05) is 32.0 Å². The third kappa shape index (κ3) is 4.50. The van der Waals surface area contributed by atoms with Gasteiger partial charge >= 0.3 is 0 Å². The summed E-state index contributed by atoms with van der Waals surface area (Å²) in [6.07, 6.45) is 2.90. The molecule has 2 aromatic rings. The second-order valence-electron chi connectivity index (χ2n) is 6.66. The Kier molecular flexibility index (Phi) is 7.32. The first kappa shape index (κ1) is 20.6. The third-order valence-corrected chi connectivity index (χ3v) is 5.60. The van der Waals surface area contributed by atoms with E-state index in [9.17, 15) is 9.59 Å². The van der Waals surface area contributed by atoms with E-state index in [0.717, 1.165) is 31.5 Å². The lowest BCUT2D eigenvalue weighted by Crippen LogP contribution is -2.33. The van der Waals surface area contributed by atoms with Crippen molar-refractivity contribution in [2.75, 3.05) is 18.8 Å². The lowest BCUT2D eigenvalue weighted by atomic mass is 10.2. The number of aryl methyl sites for hydroxylation is 1. The SMILES string of the molecule is CCCCN(CC)C(=O)CSc1nc2cc(C)[nH]c2c(=O)n1[C@@H](C)CC. The summed E-state index contributed by atoms with van der Waals surface area (Å²) in [5.74, 6) is 0.399. The van der Waals surface area contributed by atoms with E-state index in [1.54, 1.807) is 4.57 Å². The molecule has 2 rings (SSSR count). The smallest absolute Gasteiger partial charge is 0.278 e. The molecule has 1 N–H and O–H groups in total. The lowest BCUT2D eigenvalue weighted by Gasteiger charge is -2.21. The van der Waals surface area contributed by atoms with Gasteiger partial charge in [0.25, 0.3) is 5.56 Å². The number of aromatic amines is 1. The number of hydrogen-bond acceptors (Lipinski definition) is 4. The van der Waals surface area contributed by atoms with Crippen LogP contribution in [0.4, 0.5) is 0 Å². The van der Waals surface area contributed by atoms with Gasteiger partial charge in [-0.15, -0.1) is 0 Å². The molecular weight excluding hydrogens is 348 g/mol. The number of carbonyl (C=O) groups is 1. The summed E-state index contributed by atoms with van der Waals surface area (Å²) in [7, 11) is 0. The van der Waals surface area contributed by atoms with Gasteiger partial charge in [0.2, 0.25) is 5.91 Å². The maximum absolute atomic E-state index is 12.9. The third-order valence-electron chi connectivity index (χ3n) is 4.66. The Morgan fingerprint density at radius 1 is 1.38 bits per heavy atom. The maximum atomic E-state index is 12.9. The van der Waals surface area contributed by atoms with Crippen molar-refractivity contribution in [3.05, 3.63) is 22.1 Å². The van der Waals surface area contributed by atoms with Gasteiger partial charge in [-0.2, -0.15) is 0 Å². The average Bonchev–Trinajstić information content (AvgIpc) is 3.00. The van der Waals surface area contributed by atoms with Crippen LogP contribution in [-0.4, -0.2) is 44.2 Å². The predicted molar refractivity (Wildman–Crippen MR) is 108 cm³/mol. The van der Waals surface area contributed by atoms with Crippen LogP contribution in [0.1, 0.15) is 58.7 Å². The molecule has 144 valence electrons. The van der Waals surface area contributed by atoms with Crippen LogP contribution >= 0.6 is 11.8 Å². The van der Waals surface area contributed by atoms with Crippen LogP contribution in [0.15, 0.2) is 16.0 Å². The first-order chi connectivity index (χ1) is 12.4. The Morgan fingerprint density at radius 2 is 2.12 bits per heavy atom. The number of aromatic nitrogens is 3. The molecule has 0 fully saturated rings. The summed E-state index contributed by atoms with van der Waals surface area (Å²) in [4.78, 5) is 35.1. The Morgan fingerprint density at radius 3 is 2.73 bits per heavy atom. The number of carbonyl (C=O) groups excluding carboxylic acids is 1. The molecule has 7 heteroatoms. The highest BCUT2D eigenvalue weighted by atomic mass is 32.2. The number of H-pyrrole nitrogens is 1. The molecule has 0 aliphatic rings. The van der Waals surface area contributed by atoms with Crippen molar-refractivity contribution in [3.63, 3.8) is 0 Å². The minimum Gasteiger partial charge on any atom is -0.353 e. The molecule has 1 amide bonds. The van der Waals surface area contributed by atoms with Crippen LogP contribution in [0.25, 0.3) is 11.0 Å². The monoisotopic (exact) mass is 378 g/mol. The highest BCUT2D eigenvalue weighted by Crippen LogP contribution is 2.23. The Labute approximate surface area is 159 Å². The summed E-state index contributed by atoms with van der Waals surface area (Å²) < 4.78 is 1.72. The summed E-state index contributed by atoms with van der Waals surface area (Å²) >= 11 is 1.36. The molecule has 6 nitrogen and oxygen atoms in total. The normalized spacial score (nSPS) is 12.5. The van der Waals surface area contributed by atoms with E-state index in [4.69, 9.17) is 0 Å². The fourth-order valence-corrected chi connectivity index (χ4v) is 3.89. The van der Waals surface area contributed by atoms with Gasteiger partial charge < -0.3 is 9.88 Å². The number of rotatable bonds is 9. The number of amides is 1. The van der Waals surface area contributed by atoms with E-state index in [1.165, 1.54) is 11.8 Å². The number of unbranched alkanes of at least 4 members (excludes halogenated alkanes) is 1. The van der Waals surface area contributed by atoms with Gasteiger partial charge in [0.05, 0.1) is 11.3 Å². The van der Waals surface area contributed by atoms with Crippen molar-refractivity contribution in [3.8, 4) is 0 Å². The zero-order valence-corrected chi connectivity index (χ0v) is 17.3. The van der Waals surface area contributed by atoms with Crippen LogP contribution in [0.2, 0.25) is 0 Å². The van der Waals surface area contributed by atoms with Crippen LogP contribution in [0, 0.1) is 6.92 Å². The molecule has 0 radical (unpaired) electrons. The van der Waals surface area contributed by atoms with Gasteiger partial charge in [0, 0.05) is 24.8 Å². The van der Waals surface area contributed by atoms with Crippen molar-refractivity contribution < 1.29 is 4.79 Å². The van der Waals surface area contributed by atoms with E-state index >= 15 is 0 Å². The molecule has 26 heavy (non-hydrogen) atoms. The maximum Gasteiger partial charge on any atom is 0.278 e. The first-order valence-electron chi connectivity index (χ1n) is 9.45. The van der Waals surface area contributed by atoms with Crippen LogP contribution < -0.4 is 5.56 Å². The molecule has 0 saturated heterocycles. The van der Waals surface area contributed by atoms with Crippen molar-refractivity contribution in [2.24, 2.45) is 0 Å². The summed E-state index contributed by atoms with van der Waals surface area (Å²) in [5, 5.41) is 0.621. The fraction of sp³-hybridized carbons (Fsp3) is 0.632. The van der Waals surface area contributed by atoms with Gasteiger partial charge in [0.15, 0.2) is 5.16 Å². The van der Waals surface area contributed by atoms with Crippen LogP contribution in [-0.2, 0) is 4.79 Å². The van der Waals surface area contributed by atoms with Crippen molar-refractivity contribution in [2.45, 2.75) is 65.1 Å². The molecule has 2 heterocycles. The molecule has 0 bridgehead atoms. The quantitative estimate of drug-likeness (QED) is 0.533. The summed E-state index contributed by atoms with van der Waals surface area (Å²) in [5.41, 5.74) is 2.05. The molecule has 0 aliphatic heterocycles. The lowest BCUT2D eigenvalue weighted by molar-refractivity contribution is -0.128. The van der Waals surface area contributed by atoms with Crippen LogP contribution in [0.3, 0.4) is 0 Å². The fourth-order valence-electron chi connectivity index (χ4n) is 2.89.